The third-order valence-electron chi connectivity index (χ3n) is 5.08. The molecule has 28 heavy (non-hydrogen) atoms. The first-order valence-corrected chi connectivity index (χ1v) is 11.3. The minimum Gasteiger partial charge on any atom is -0.372 e. The highest BCUT2D eigenvalue weighted by Crippen LogP contribution is 2.36. The number of nitrogens with zero attached hydrogens (tertiary/aromatic N) is 2. The molecule has 0 saturated heterocycles. The predicted octanol–water partition coefficient (Wildman–Crippen LogP) is 5.13. The third kappa shape index (κ3) is 3.45. The molecule has 0 saturated carbocycles. The first-order valence-electron chi connectivity index (χ1n) is 9.49. The van der Waals surface area contributed by atoms with Crippen molar-refractivity contribution in [2.45, 2.75) is 45.1 Å². The topological polar surface area (TPSA) is 44.1 Å². The van der Waals surface area contributed by atoms with Crippen LogP contribution in [0.2, 0.25) is 0 Å². The minimum atomic E-state index is 0.0160. The number of thioether (sulfide) groups is 1. The average molecular weight is 413 g/mol. The van der Waals surface area contributed by atoms with Crippen LogP contribution in [0.1, 0.15) is 29.9 Å². The summed E-state index contributed by atoms with van der Waals surface area (Å²) in [6.07, 6.45) is 2.75. The van der Waals surface area contributed by atoms with Crippen LogP contribution >= 0.6 is 23.1 Å². The normalized spacial score (nSPS) is 16.5. The Kier molecular flexibility index (Phi) is 5.45. The lowest BCUT2D eigenvalue weighted by molar-refractivity contribution is 0.00200. The average Bonchev–Trinajstić information content (AvgIpc) is 3.05. The Morgan fingerprint density at radius 2 is 2.14 bits per heavy atom. The van der Waals surface area contributed by atoms with E-state index in [2.05, 4.69) is 20.4 Å². The number of ether oxygens (including phenoxy) is 1. The fraction of sp³-hybridized carbons (Fsp3) is 0.364. The second-order valence-electron chi connectivity index (χ2n) is 7.45. The number of hydrogen-bond acceptors (Lipinski definition) is 5. The van der Waals surface area contributed by atoms with E-state index in [-0.39, 0.29) is 11.7 Å². The van der Waals surface area contributed by atoms with E-state index in [0.29, 0.717) is 23.4 Å². The Bertz CT molecular complexity index is 1080. The minimum absolute atomic E-state index is 0.0160. The third-order valence-corrected chi connectivity index (χ3v) is 7.11. The largest absolute Gasteiger partial charge is 0.372 e. The van der Waals surface area contributed by atoms with Crippen molar-refractivity contribution in [3.05, 3.63) is 63.3 Å². The number of fused-ring (bicyclic) bond motifs is 3. The molecule has 3 heterocycles. The van der Waals surface area contributed by atoms with E-state index < -0.39 is 0 Å². The van der Waals surface area contributed by atoms with Crippen LogP contribution in [0.5, 0.6) is 0 Å². The molecule has 1 aliphatic heterocycles. The predicted molar refractivity (Wildman–Crippen MR) is 118 cm³/mol. The summed E-state index contributed by atoms with van der Waals surface area (Å²) in [5, 5.41) is 1.47. The maximum absolute atomic E-state index is 13.7. The Morgan fingerprint density at radius 3 is 2.82 bits per heavy atom. The van der Waals surface area contributed by atoms with E-state index in [0.717, 1.165) is 38.3 Å². The quantitative estimate of drug-likeness (QED) is 0.331. The van der Waals surface area contributed by atoms with Crippen LogP contribution in [0.15, 0.2) is 46.9 Å². The molecule has 0 bridgehead atoms. The molecule has 3 aromatic rings. The van der Waals surface area contributed by atoms with Crippen LogP contribution in [0.4, 0.5) is 0 Å². The van der Waals surface area contributed by atoms with Gasteiger partial charge in [0.2, 0.25) is 0 Å². The number of aromatic nitrogens is 2. The molecule has 0 fully saturated rings. The molecule has 1 atom stereocenters. The van der Waals surface area contributed by atoms with Crippen LogP contribution in [0.25, 0.3) is 15.9 Å². The van der Waals surface area contributed by atoms with Crippen LogP contribution in [0, 0.1) is 12.8 Å². The highest BCUT2D eigenvalue weighted by molar-refractivity contribution is 7.99. The van der Waals surface area contributed by atoms with Crippen molar-refractivity contribution >= 4 is 33.3 Å². The fourth-order valence-electron chi connectivity index (χ4n) is 3.49. The lowest BCUT2D eigenvalue weighted by Gasteiger charge is -2.26. The zero-order valence-electron chi connectivity index (χ0n) is 16.4. The van der Waals surface area contributed by atoms with Crippen molar-refractivity contribution < 1.29 is 4.74 Å². The summed E-state index contributed by atoms with van der Waals surface area (Å²) in [7, 11) is 0. The number of aryl methyl sites for hydroxylation is 1. The highest BCUT2D eigenvalue weighted by atomic mass is 32.2. The van der Waals surface area contributed by atoms with Crippen molar-refractivity contribution in [2.75, 3.05) is 5.75 Å². The molecule has 0 radical (unpaired) electrons. The Hall–Kier alpha value is -1.89. The number of benzene rings is 1. The van der Waals surface area contributed by atoms with Gasteiger partial charge >= 0.3 is 0 Å². The number of rotatable bonds is 5. The first kappa shape index (κ1) is 19.4. The van der Waals surface area contributed by atoms with E-state index in [1.54, 1.807) is 15.9 Å². The lowest BCUT2D eigenvalue weighted by Crippen LogP contribution is -2.28. The molecule has 4 rings (SSSR count). The summed E-state index contributed by atoms with van der Waals surface area (Å²) in [5.74, 6) is 1.12. The van der Waals surface area contributed by atoms with Gasteiger partial charge in [-0.3, -0.25) is 9.36 Å². The van der Waals surface area contributed by atoms with Crippen molar-refractivity contribution in [2.24, 2.45) is 5.92 Å². The molecular weight excluding hydrogens is 388 g/mol. The summed E-state index contributed by atoms with van der Waals surface area (Å²) < 4.78 is 7.77. The van der Waals surface area contributed by atoms with E-state index in [4.69, 9.17) is 9.72 Å². The van der Waals surface area contributed by atoms with Crippen LogP contribution in [0.3, 0.4) is 0 Å². The highest BCUT2D eigenvalue weighted by Gasteiger charge is 2.28. The van der Waals surface area contributed by atoms with E-state index in [1.807, 2.05) is 37.3 Å². The van der Waals surface area contributed by atoms with Gasteiger partial charge in [-0.25, -0.2) is 4.98 Å². The molecule has 0 N–H and O–H groups in total. The maximum atomic E-state index is 13.7. The van der Waals surface area contributed by atoms with Crippen molar-refractivity contribution in [1.82, 2.24) is 9.55 Å². The second-order valence-corrected chi connectivity index (χ2v) is 9.52. The first-order chi connectivity index (χ1) is 13.5. The summed E-state index contributed by atoms with van der Waals surface area (Å²) in [6, 6.07) is 8.03. The molecule has 146 valence electrons. The van der Waals surface area contributed by atoms with Gasteiger partial charge < -0.3 is 4.74 Å². The zero-order chi connectivity index (χ0) is 19.8. The van der Waals surface area contributed by atoms with Gasteiger partial charge in [0.25, 0.3) is 5.56 Å². The zero-order valence-corrected chi connectivity index (χ0v) is 18.0. The second kappa shape index (κ2) is 7.85. The van der Waals surface area contributed by atoms with E-state index in [9.17, 15) is 4.79 Å². The molecule has 0 spiro atoms. The smallest absolute Gasteiger partial charge is 0.267 e. The summed E-state index contributed by atoms with van der Waals surface area (Å²) in [5.41, 5.74) is 3.16. The van der Waals surface area contributed by atoms with Crippen molar-refractivity contribution in [3.8, 4) is 5.69 Å². The Balaban J connectivity index is 1.94. The van der Waals surface area contributed by atoms with E-state index in [1.165, 1.54) is 11.8 Å². The van der Waals surface area contributed by atoms with Crippen molar-refractivity contribution in [3.63, 3.8) is 0 Å². The van der Waals surface area contributed by atoms with E-state index >= 15 is 0 Å². The molecule has 1 aromatic carbocycles. The van der Waals surface area contributed by atoms with Crippen molar-refractivity contribution in [1.29, 1.82) is 0 Å². The van der Waals surface area contributed by atoms with Gasteiger partial charge in [0.15, 0.2) is 5.16 Å². The lowest BCUT2D eigenvalue weighted by atomic mass is 9.96. The van der Waals surface area contributed by atoms with Crippen LogP contribution in [-0.2, 0) is 17.8 Å². The maximum Gasteiger partial charge on any atom is 0.267 e. The number of hydrogen-bond donors (Lipinski definition) is 0. The molecule has 0 amide bonds. The molecule has 6 heteroatoms. The molecular formula is C22H24N2O2S2. The van der Waals surface area contributed by atoms with Gasteiger partial charge in [0.1, 0.15) is 4.83 Å². The SMILES string of the molecule is C=CCSc1nc2sc3c(c2c(=O)n1-c1ccc(C)cc1)CC(C(C)C)OC3. The fourth-order valence-corrected chi connectivity index (χ4v) is 5.40. The van der Waals surface area contributed by atoms with Crippen LogP contribution in [-0.4, -0.2) is 21.4 Å². The molecule has 4 nitrogen and oxygen atoms in total. The van der Waals surface area contributed by atoms with Gasteiger partial charge in [-0.2, -0.15) is 0 Å². The molecule has 2 aromatic heterocycles. The molecule has 1 unspecified atom stereocenters. The molecule has 0 aliphatic carbocycles. The number of thiophene rings is 1. The molecule has 1 aliphatic rings. The Morgan fingerprint density at radius 1 is 1.39 bits per heavy atom. The van der Waals surface area contributed by atoms with Gasteiger partial charge in [0, 0.05) is 17.1 Å². The van der Waals surface area contributed by atoms with Crippen LogP contribution < -0.4 is 5.56 Å². The summed E-state index contributed by atoms with van der Waals surface area (Å²) >= 11 is 3.13. The van der Waals surface area contributed by atoms with Gasteiger partial charge in [-0.15, -0.1) is 17.9 Å². The summed E-state index contributed by atoms with van der Waals surface area (Å²) in [4.78, 5) is 20.5. The van der Waals surface area contributed by atoms with Gasteiger partial charge in [-0.1, -0.05) is 49.4 Å². The summed E-state index contributed by atoms with van der Waals surface area (Å²) in [6.45, 7) is 10.7. The standard InChI is InChI=1S/C22H24N2O2S2/c1-5-10-27-22-23-20-19(16-11-17(13(2)3)26-12-18(16)28-20)21(25)24(22)15-8-6-14(4)7-9-15/h5-9,13,17H,1,10-12H2,2-4H3. The Labute approximate surface area is 173 Å². The monoisotopic (exact) mass is 412 g/mol. The van der Waals surface area contributed by atoms with Gasteiger partial charge in [-0.05, 0) is 30.5 Å². The van der Waals surface area contributed by atoms with Gasteiger partial charge in [0.05, 0.1) is 23.8 Å².